The van der Waals surface area contributed by atoms with Crippen LogP contribution in [0.1, 0.15) is 51.1 Å². The number of anilines is 1. The SMILES string of the molecule is CCNCc1csc(N(C)C2CCCCCC2)n1. The van der Waals surface area contributed by atoms with Crippen LogP contribution in [0.25, 0.3) is 0 Å². The lowest BCUT2D eigenvalue weighted by Crippen LogP contribution is -2.31. The quantitative estimate of drug-likeness (QED) is 0.829. The predicted octanol–water partition coefficient (Wildman–Crippen LogP) is 3.41. The largest absolute Gasteiger partial charge is 0.348 e. The minimum absolute atomic E-state index is 0.700. The molecule has 2 rings (SSSR count). The zero-order chi connectivity index (χ0) is 12.8. The molecule has 1 saturated carbocycles. The molecule has 18 heavy (non-hydrogen) atoms. The molecule has 3 nitrogen and oxygen atoms in total. The Morgan fingerprint density at radius 3 is 2.72 bits per heavy atom. The maximum absolute atomic E-state index is 4.74. The van der Waals surface area contributed by atoms with Crippen molar-refractivity contribution in [3.8, 4) is 0 Å². The van der Waals surface area contributed by atoms with Crippen LogP contribution in [0.3, 0.4) is 0 Å². The van der Waals surface area contributed by atoms with E-state index in [4.69, 9.17) is 4.98 Å². The molecule has 4 heteroatoms. The second kappa shape index (κ2) is 7.10. The molecule has 0 radical (unpaired) electrons. The Kier molecular flexibility index (Phi) is 5.45. The van der Waals surface area contributed by atoms with E-state index < -0.39 is 0 Å². The number of thiazole rings is 1. The van der Waals surface area contributed by atoms with Crippen LogP contribution >= 0.6 is 11.3 Å². The van der Waals surface area contributed by atoms with Gasteiger partial charge in [0.15, 0.2) is 5.13 Å². The van der Waals surface area contributed by atoms with Gasteiger partial charge in [-0.05, 0) is 19.4 Å². The summed E-state index contributed by atoms with van der Waals surface area (Å²) in [6, 6.07) is 0.700. The molecule has 0 aliphatic heterocycles. The molecule has 1 aromatic rings. The topological polar surface area (TPSA) is 28.2 Å². The minimum atomic E-state index is 0.700. The fraction of sp³-hybridized carbons (Fsp3) is 0.786. The van der Waals surface area contributed by atoms with Gasteiger partial charge in [0.25, 0.3) is 0 Å². The first-order chi connectivity index (χ1) is 8.81. The van der Waals surface area contributed by atoms with Gasteiger partial charge in [-0.15, -0.1) is 11.3 Å². The molecule has 0 spiro atoms. The Bertz CT molecular complexity index is 343. The first kappa shape index (κ1) is 13.8. The zero-order valence-corrected chi connectivity index (χ0v) is 12.4. The van der Waals surface area contributed by atoms with Gasteiger partial charge in [-0.25, -0.2) is 4.98 Å². The summed E-state index contributed by atoms with van der Waals surface area (Å²) in [6.07, 6.45) is 8.24. The average Bonchev–Trinajstić information content (AvgIpc) is 2.69. The molecule has 102 valence electrons. The van der Waals surface area contributed by atoms with Gasteiger partial charge < -0.3 is 10.2 Å². The van der Waals surface area contributed by atoms with E-state index in [1.54, 1.807) is 11.3 Å². The molecule has 1 aliphatic rings. The van der Waals surface area contributed by atoms with Crippen molar-refractivity contribution >= 4 is 16.5 Å². The molecule has 1 heterocycles. The van der Waals surface area contributed by atoms with Crippen LogP contribution in [-0.2, 0) is 6.54 Å². The van der Waals surface area contributed by atoms with E-state index in [0.717, 1.165) is 13.1 Å². The highest BCUT2D eigenvalue weighted by molar-refractivity contribution is 7.13. The summed E-state index contributed by atoms with van der Waals surface area (Å²) in [5.41, 5.74) is 1.18. The monoisotopic (exact) mass is 267 g/mol. The molecule has 0 aromatic carbocycles. The van der Waals surface area contributed by atoms with E-state index in [1.165, 1.54) is 49.4 Å². The van der Waals surface area contributed by atoms with Gasteiger partial charge in [0.05, 0.1) is 5.69 Å². The van der Waals surface area contributed by atoms with Gasteiger partial charge in [0.1, 0.15) is 0 Å². The molecule has 0 unspecified atom stereocenters. The molecule has 0 saturated heterocycles. The first-order valence-corrected chi connectivity index (χ1v) is 8.07. The van der Waals surface area contributed by atoms with Gasteiger partial charge in [0, 0.05) is 25.0 Å². The maximum Gasteiger partial charge on any atom is 0.185 e. The molecular formula is C14H25N3S. The number of hydrogen-bond donors (Lipinski definition) is 1. The first-order valence-electron chi connectivity index (χ1n) is 7.19. The summed E-state index contributed by atoms with van der Waals surface area (Å²) >= 11 is 1.78. The third-order valence-electron chi connectivity index (χ3n) is 3.77. The number of rotatable bonds is 5. The fourth-order valence-corrected chi connectivity index (χ4v) is 3.46. The van der Waals surface area contributed by atoms with Crippen molar-refractivity contribution < 1.29 is 0 Å². The molecule has 0 bridgehead atoms. The maximum atomic E-state index is 4.74. The second-order valence-electron chi connectivity index (χ2n) is 5.16. The van der Waals surface area contributed by atoms with Crippen molar-refractivity contribution in [2.75, 3.05) is 18.5 Å². The highest BCUT2D eigenvalue weighted by atomic mass is 32.1. The third-order valence-corrected chi connectivity index (χ3v) is 4.75. The molecule has 1 aliphatic carbocycles. The number of nitrogens with zero attached hydrogens (tertiary/aromatic N) is 2. The van der Waals surface area contributed by atoms with Crippen molar-refractivity contribution in [2.45, 2.75) is 58.0 Å². The van der Waals surface area contributed by atoms with Gasteiger partial charge in [-0.1, -0.05) is 32.6 Å². The summed E-state index contributed by atoms with van der Waals surface area (Å²) in [5.74, 6) is 0. The number of hydrogen-bond acceptors (Lipinski definition) is 4. The van der Waals surface area contributed by atoms with Crippen molar-refractivity contribution in [1.29, 1.82) is 0 Å². The summed E-state index contributed by atoms with van der Waals surface area (Å²) in [4.78, 5) is 7.14. The van der Waals surface area contributed by atoms with E-state index in [1.807, 2.05) is 0 Å². The Balaban J connectivity index is 1.94. The van der Waals surface area contributed by atoms with E-state index in [2.05, 4.69) is 29.6 Å². The molecule has 0 atom stereocenters. The summed E-state index contributed by atoms with van der Waals surface area (Å²) in [6.45, 7) is 4.03. The smallest absolute Gasteiger partial charge is 0.185 e. The van der Waals surface area contributed by atoms with Crippen molar-refractivity contribution in [2.24, 2.45) is 0 Å². The van der Waals surface area contributed by atoms with Crippen LogP contribution in [-0.4, -0.2) is 24.6 Å². The van der Waals surface area contributed by atoms with Gasteiger partial charge in [0.2, 0.25) is 0 Å². The van der Waals surface area contributed by atoms with Crippen LogP contribution in [0, 0.1) is 0 Å². The lowest BCUT2D eigenvalue weighted by molar-refractivity contribution is 0.551. The fourth-order valence-electron chi connectivity index (χ4n) is 2.59. The average molecular weight is 267 g/mol. The van der Waals surface area contributed by atoms with Crippen molar-refractivity contribution in [3.05, 3.63) is 11.1 Å². The lowest BCUT2D eigenvalue weighted by atomic mass is 10.1. The van der Waals surface area contributed by atoms with Crippen LogP contribution in [0.15, 0.2) is 5.38 Å². The Morgan fingerprint density at radius 1 is 1.33 bits per heavy atom. The van der Waals surface area contributed by atoms with Crippen LogP contribution < -0.4 is 10.2 Å². The Hall–Kier alpha value is -0.610. The molecular weight excluding hydrogens is 242 g/mol. The summed E-state index contributed by atoms with van der Waals surface area (Å²) in [7, 11) is 2.21. The highest BCUT2D eigenvalue weighted by Gasteiger charge is 2.19. The van der Waals surface area contributed by atoms with E-state index in [9.17, 15) is 0 Å². The Morgan fingerprint density at radius 2 is 2.06 bits per heavy atom. The van der Waals surface area contributed by atoms with Crippen molar-refractivity contribution in [3.63, 3.8) is 0 Å². The van der Waals surface area contributed by atoms with Gasteiger partial charge >= 0.3 is 0 Å². The second-order valence-corrected chi connectivity index (χ2v) is 5.99. The lowest BCUT2D eigenvalue weighted by Gasteiger charge is -2.26. The van der Waals surface area contributed by atoms with Gasteiger partial charge in [-0.3, -0.25) is 0 Å². The minimum Gasteiger partial charge on any atom is -0.348 e. The number of nitrogens with one attached hydrogen (secondary N) is 1. The predicted molar refractivity (Wildman–Crippen MR) is 79.4 cm³/mol. The van der Waals surface area contributed by atoms with Crippen LogP contribution in [0.5, 0.6) is 0 Å². The molecule has 1 aromatic heterocycles. The standard InChI is InChI=1S/C14H25N3S/c1-3-15-10-12-11-18-14(16-12)17(2)13-8-6-4-5-7-9-13/h11,13,15H,3-10H2,1-2H3. The van der Waals surface area contributed by atoms with E-state index >= 15 is 0 Å². The van der Waals surface area contributed by atoms with Crippen LogP contribution in [0.4, 0.5) is 5.13 Å². The normalized spacial score (nSPS) is 17.7. The molecule has 1 fully saturated rings. The molecule has 1 N–H and O–H groups in total. The third kappa shape index (κ3) is 3.69. The van der Waals surface area contributed by atoms with Crippen LogP contribution in [0.2, 0.25) is 0 Å². The summed E-state index contributed by atoms with van der Waals surface area (Å²) in [5, 5.41) is 6.71. The van der Waals surface area contributed by atoms with Crippen molar-refractivity contribution in [1.82, 2.24) is 10.3 Å². The molecule has 0 amide bonds. The van der Waals surface area contributed by atoms with Gasteiger partial charge in [-0.2, -0.15) is 0 Å². The van der Waals surface area contributed by atoms with E-state index in [0.29, 0.717) is 6.04 Å². The zero-order valence-electron chi connectivity index (χ0n) is 11.6. The highest BCUT2D eigenvalue weighted by Crippen LogP contribution is 2.27. The number of aromatic nitrogens is 1. The summed E-state index contributed by atoms with van der Waals surface area (Å²) < 4.78 is 0. The van der Waals surface area contributed by atoms with E-state index in [-0.39, 0.29) is 0 Å². The Labute approximate surface area is 115 Å².